The smallest absolute Gasteiger partial charge is 0.337 e. The van der Waals surface area contributed by atoms with Gasteiger partial charge in [0.05, 0.1) is 11.3 Å². The van der Waals surface area contributed by atoms with Gasteiger partial charge in [-0.1, -0.05) is 29.8 Å². The second-order valence-electron chi connectivity index (χ2n) is 7.07. The van der Waals surface area contributed by atoms with Crippen molar-refractivity contribution >= 4 is 35.2 Å². The van der Waals surface area contributed by atoms with E-state index in [0.717, 1.165) is 11.3 Å². The van der Waals surface area contributed by atoms with Crippen molar-refractivity contribution in [1.29, 1.82) is 5.26 Å². The topological polar surface area (TPSA) is 95.1 Å². The van der Waals surface area contributed by atoms with Crippen LogP contribution in [-0.2, 0) is 4.79 Å². The van der Waals surface area contributed by atoms with E-state index in [1.807, 2.05) is 32.9 Å². The van der Waals surface area contributed by atoms with E-state index in [2.05, 4.69) is 5.32 Å². The average Bonchev–Trinajstić information content (AvgIpc) is 3.01. The highest BCUT2D eigenvalue weighted by atomic mass is 35.5. The van der Waals surface area contributed by atoms with Crippen LogP contribution in [0.25, 0.3) is 11.8 Å². The summed E-state index contributed by atoms with van der Waals surface area (Å²) in [7, 11) is 0. The van der Waals surface area contributed by atoms with Crippen molar-refractivity contribution in [2.45, 2.75) is 20.8 Å². The second kappa shape index (κ2) is 8.90. The molecule has 3 rings (SSSR count). The van der Waals surface area contributed by atoms with Crippen LogP contribution in [0.5, 0.6) is 0 Å². The standard InChI is InChI=1S/C24H20ClN3O3/c1-14-8-9-19(25)12-21(14)27-23(29)18(13-26)11-17-10-15(2)28(16(17)3)22-7-5-4-6-20(22)24(30)31/h4-12H,1-3H3,(H,27,29)(H,30,31)/b18-11+. The number of anilines is 1. The number of halogens is 1. The molecule has 2 N–H and O–H groups in total. The molecule has 156 valence electrons. The van der Waals surface area contributed by atoms with E-state index < -0.39 is 11.9 Å². The predicted octanol–water partition coefficient (Wildman–Crippen LogP) is 5.30. The normalized spacial score (nSPS) is 11.1. The third-order valence-electron chi connectivity index (χ3n) is 4.96. The van der Waals surface area contributed by atoms with Gasteiger partial charge in [-0.05, 0) is 68.3 Å². The van der Waals surface area contributed by atoms with Gasteiger partial charge in [0.25, 0.3) is 5.91 Å². The molecule has 0 atom stereocenters. The van der Waals surface area contributed by atoms with E-state index in [1.54, 1.807) is 41.0 Å². The third kappa shape index (κ3) is 4.52. The number of nitrogens with zero attached hydrogens (tertiary/aromatic N) is 2. The Morgan fingerprint density at radius 3 is 2.52 bits per heavy atom. The molecule has 0 unspecified atom stereocenters. The summed E-state index contributed by atoms with van der Waals surface area (Å²) in [6.07, 6.45) is 1.50. The maximum atomic E-state index is 12.7. The molecule has 1 aromatic heterocycles. The predicted molar refractivity (Wildman–Crippen MR) is 121 cm³/mol. The Morgan fingerprint density at radius 1 is 1.13 bits per heavy atom. The summed E-state index contributed by atoms with van der Waals surface area (Å²) >= 11 is 6.00. The highest BCUT2D eigenvalue weighted by molar-refractivity contribution is 6.31. The van der Waals surface area contributed by atoms with Crippen LogP contribution in [0.3, 0.4) is 0 Å². The molecule has 0 spiro atoms. The molecule has 31 heavy (non-hydrogen) atoms. The largest absolute Gasteiger partial charge is 0.478 e. The number of rotatable bonds is 5. The number of carbonyl (C=O) groups is 2. The number of nitriles is 1. The molecule has 6 nitrogen and oxygen atoms in total. The second-order valence-corrected chi connectivity index (χ2v) is 7.50. The fourth-order valence-electron chi connectivity index (χ4n) is 3.38. The summed E-state index contributed by atoms with van der Waals surface area (Å²) < 4.78 is 1.79. The lowest BCUT2D eigenvalue weighted by Gasteiger charge is -2.12. The lowest BCUT2D eigenvalue weighted by atomic mass is 10.1. The maximum Gasteiger partial charge on any atom is 0.337 e. The molecule has 3 aromatic rings. The number of hydrogen-bond donors (Lipinski definition) is 2. The first kappa shape index (κ1) is 21.9. The van der Waals surface area contributed by atoms with Crippen molar-refractivity contribution in [3.8, 4) is 11.8 Å². The van der Waals surface area contributed by atoms with Crippen LogP contribution in [0.1, 0.15) is 32.9 Å². The Morgan fingerprint density at radius 2 is 1.84 bits per heavy atom. The molecule has 0 fully saturated rings. The Hall–Kier alpha value is -3.82. The van der Waals surface area contributed by atoms with E-state index in [4.69, 9.17) is 11.6 Å². The number of amides is 1. The van der Waals surface area contributed by atoms with E-state index >= 15 is 0 Å². The summed E-state index contributed by atoms with van der Waals surface area (Å²) in [5.41, 5.74) is 4.08. The number of benzene rings is 2. The van der Waals surface area contributed by atoms with Crippen molar-refractivity contribution in [3.63, 3.8) is 0 Å². The Labute approximate surface area is 185 Å². The summed E-state index contributed by atoms with van der Waals surface area (Å²) in [6, 6.07) is 15.6. The molecular formula is C24H20ClN3O3. The van der Waals surface area contributed by atoms with Crippen molar-refractivity contribution in [3.05, 3.63) is 87.2 Å². The van der Waals surface area contributed by atoms with Gasteiger partial charge in [0.1, 0.15) is 11.6 Å². The van der Waals surface area contributed by atoms with Crippen molar-refractivity contribution in [2.24, 2.45) is 0 Å². The van der Waals surface area contributed by atoms with Gasteiger partial charge in [-0.2, -0.15) is 5.26 Å². The molecule has 0 saturated heterocycles. The number of nitrogens with one attached hydrogen (secondary N) is 1. The molecule has 1 amide bonds. The van der Waals surface area contributed by atoms with E-state index in [1.165, 1.54) is 12.1 Å². The first-order valence-electron chi connectivity index (χ1n) is 9.44. The monoisotopic (exact) mass is 433 g/mol. The number of aromatic carboxylic acids is 1. The highest BCUT2D eigenvalue weighted by Crippen LogP contribution is 2.26. The van der Waals surface area contributed by atoms with E-state index in [0.29, 0.717) is 27.7 Å². The third-order valence-corrected chi connectivity index (χ3v) is 5.19. The molecule has 0 saturated carbocycles. The lowest BCUT2D eigenvalue weighted by Crippen LogP contribution is -2.14. The first-order chi connectivity index (χ1) is 14.7. The number of aromatic nitrogens is 1. The summed E-state index contributed by atoms with van der Waals surface area (Å²) in [6.45, 7) is 5.48. The van der Waals surface area contributed by atoms with Gasteiger partial charge in [-0.25, -0.2) is 4.79 Å². The van der Waals surface area contributed by atoms with Gasteiger partial charge in [0.15, 0.2) is 0 Å². The van der Waals surface area contributed by atoms with Crippen LogP contribution in [0.2, 0.25) is 5.02 Å². The zero-order valence-electron chi connectivity index (χ0n) is 17.2. The maximum absolute atomic E-state index is 12.7. The molecular weight excluding hydrogens is 414 g/mol. The summed E-state index contributed by atoms with van der Waals surface area (Å²) in [4.78, 5) is 24.3. The molecule has 0 bridgehead atoms. The van der Waals surface area contributed by atoms with Gasteiger partial charge in [-0.3, -0.25) is 4.79 Å². The van der Waals surface area contributed by atoms with Gasteiger partial charge < -0.3 is 15.0 Å². The first-order valence-corrected chi connectivity index (χ1v) is 9.81. The van der Waals surface area contributed by atoms with Gasteiger partial charge >= 0.3 is 5.97 Å². The average molecular weight is 434 g/mol. The van der Waals surface area contributed by atoms with Crippen LogP contribution in [0.4, 0.5) is 5.69 Å². The summed E-state index contributed by atoms with van der Waals surface area (Å²) in [5.74, 6) is -1.59. The van der Waals surface area contributed by atoms with Crippen LogP contribution in [-0.4, -0.2) is 21.6 Å². The number of carbonyl (C=O) groups excluding carboxylic acids is 1. The zero-order valence-corrected chi connectivity index (χ0v) is 18.0. The number of aryl methyl sites for hydroxylation is 2. The van der Waals surface area contributed by atoms with E-state index in [-0.39, 0.29) is 11.1 Å². The summed E-state index contributed by atoms with van der Waals surface area (Å²) in [5, 5.41) is 22.3. The molecule has 7 heteroatoms. The number of para-hydroxylation sites is 1. The van der Waals surface area contributed by atoms with Crippen LogP contribution in [0, 0.1) is 32.1 Å². The Kier molecular flexibility index (Phi) is 6.28. The SMILES string of the molecule is Cc1ccc(Cl)cc1NC(=O)/C(C#N)=C/c1cc(C)n(-c2ccccc2C(=O)O)c1C. The molecule has 0 aliphatic carbocycles. The fraction of sp³-hybridized carbons (Fsp3) is 0.125. The minimum atomic E-state index is -1.03. The number of carboxylic acids is 1. The molecule has 1 heterocycles. The lowest BCUT2D eigenvalue weighted by molar-refractivity contribution is -0.112. The van der Waals surface area contributed by atoms with Gasteiger partial charge in [0.2, 0.25) is 0 Å². The van der Waals surface area contributed by atoms with Crippen molar-refractivity contribution in [1.82, 2.24) is 4.57 Å². The van der Waals surface area contributed by atoms with Crippen LogP contribution < -0.4 is 5.32 Å². The Balaban J connectivity index is 2.01. The zero-order chi connectivity index (χ0) is 22.7. The minimum Gasteiger partial charge on any atom is -0.478 e. The van der Waals surface area contributed by atoms with Crippen molar-refractivity contribution in [2.75, 3.05) is 5.32 Å². The quantitative estimate of drug-likeness (QED) is 0.421. The molecule has 2 aromatic carbocycles. The van der Waals surface area contributed by atoms with Gasteiger partial charge in [-0.15, -0.1) is 0 Å². The molecule has 0 radical (unpaired) electrons. The highest BCUT2D eigenvalue weighted by Gasteiger charge is 2.18. The molecule has 0 aliphatic rings. The van der Waals surface area contributed by atoms with Gasteiger partial charge in [0, 0.05) is 22.1 Å². The number of hydrogen-bond acceptors (Lipinski definition) is 3. The number of carboxylic acid groups (broad SMARTS) is 1. The fourth-order valence-corrected chi connectivity index (χ4v) is 3.55. The van der Waals surface area contributed by atoms with Crippen molar-refractivity contribution < 1.29 is 14.7 Å². The van der Waals surface area contributed by atoms with Crippen LogP contribution >= 0.6 is 11.6 Å². The molecule has 0 aliphatic heterocycles. The van der Waals surface area contributed by atoms with E-state index in [9.17, 15) is 20.0 Å². The van der Waals surface area contributed by atoms with Crippen LogP contribution in [0.15, 0.2) is 54.1 Å². The Bertz CT molecular complexity index is 1270. The minimum absolute atomic E-state index is 0.0776.